The SMILES string of the molecule is CCCCCCCCN(C)C(=O)C(CCC)CCC. The van der Waals surface area contributed by atoms with Crippen LogP contribution in [0.15, 0.2) is 0 Å². The zero-order chi connectivity index (χ0) is 14.5. The number of hydrogen-bond acceptors (Lipinski definition) is 1. The lowest BCUT2D eigenvalue weighted by Gasteiger charge is -2.23. The van der Waals surface area contributed by atoms with E-state index in [1.165, 1.54) is 32.1 Å². The van der Waals surface area contributed by atoms with Gasteiger partial charge >= 0.3 is 0 Å². The molecule has 0 aliphatic rings. The van der Waals surface area contributed by atoms with Crippen LogP contribution in [0, 0.1) is 5.92 Å². The van der Waals surface area contributed by atoms with Gasteiger partial charge in [-0.2, -0.15) is 0 Å². The first-order valence-corrected chi connectivity index (χ1v) is 8.42. The highest BCUT2D eigenvalue weighted by atomic mass is 16.2. The van der Waals surface area contributed by atoms with Crippen molar-refractivity contribution in [1.29, 1.82) is 0 Å². The molecule has 2 heteroatoms. The van der Waals surface area contributed by atoms with E-state index in [0.29, 0.717) is 5.91 Å². The highest BCUT2D eigenvalue weighted by molar-refractivity contribution is 5.78. The second kappa shape index (κ2) is 12.5. The van der Waals surface area contributed by atoms with Gasteiger partial charge < -0.3 is 4.90 Å². The van der Waals surface area contributed by atoms with Crippen LogP contribution < -0.4 is 0 Å². The maximum atomic E-state index is 12.3. The molecule has 0 atom stereocenters. The molecule has 0 aliphatic heterocycles. The van der Waals surface area contributed by atoms with Crippen molar-refractivity contribution < 1.29 is 4.79 Å². The lowest BCUT2D eigenvalue weighted by Crippen LogP contribution is -2.33. The lowest BCUT2D eigenvalue weighted by atomic mass is 9.97. The monoisotopic (exact) mass is 269 g/mol. The Labute approximate surface area is 120 Å². The molecule has 0 bridgehead atoms. The molecule has 0 saturated carbocycles. The van der Waals surface area contributed by atoms with Crippen LogP contribution in [0.1, 0.15) is 85.0 Å². The lowest BCUT2D eigenvalue weighted by molar-refractivity contribution is -0.134. The minimum atomic E-state index is 0.264. The molecule has 0 aromatic heterocycles. The number of carbonyl (C=O) groups excluding carboxylic acids is 1. The van der Waals surface area contributed by atoms with Gasteiger partial charge in [-0.05, 0) is 19.3 Å². The van der Waals surface area contributed by atoms with Crippen LogP contribution in [-0.2, 0) is 4.79 Å². The van der Waals surface area contributed by atoms with Crippen LogP contribution in [0.25, 0.3) is 0 Å². The van der Waals surface area contributed by atoms with Gasteiger partial charge in [0.15, 0.2) is 0 Å². The molecule has 0 saturated heterocycles. The molecule has 0 aromatic carbocycles. The third-order valence-electron chi connectivity index (χ3n) is 3.85. The molecule has 2 nitrogen and oxygen atoms in total. The maximum absolute atomic E-state index is 12.3. The van der Waals surface area contributed by atoms with Crippen LogP contribution in [-0.4, -0.2) is 24.4 Å². The molecule has 114 valence electrons. The molecule has 0 radical (unpaired) electrons. The first kappa shape index (κ1) is 18.5. The van der Waals surface area contributed by atoms with Crippen LogP contribution in [0.2, 0.25) is 0 Å². The topological polar surface area (TPSA) is 20.3 Å². The van der Waals surface area contributed by atoms with Crippen molar-refractivity contribution in [1.82, 2.24) is 4.90 Å². The molecule has 0 aromatic rings. The number of unbranched alkanes of at least 4 members (excludes halogenated alkanes) is 5. The summed E-state index contributed by atoms with van der Waals surface area (Å²) in [6.07, 6.45) is 12.1. The second-order valence-corrected chi connectivity index (χ2v) is 5.80. The summed E-state index contributed by atoms with van der Waals surface area (Å²) < 4.78 is 0. The number of carbonyl (C=O) groups is 1. The molecule has 0 spiro atoms. The molecular formula is C17H35NO. The highest BCUT2D eigenvalue weighted by Crippen LogP contribution is 2.16. The normalized spacial score (nSPS) is 11.0. The van der Waals surface area contributed by atoms with Crippen molar-refractivity contribution in [2.24, 2.45) is 5.92 Å². The molecule has 0 rings (SSSR count). The Bertz CT molecular complexity index is 209. The van der Waals surface area contributed by atoms with E-state index in [4.69, 9.17) is 0 Å². The Hall–Kier alpha value is -0.530. The number of rotatable bonds is 12. The molecule has 0 aliphatic carbocycles. The van der Waals surface area contributed by atoms with Crippen molar-refractivity contribution in [3.05, 3.63) is 0 Å². The van der Waals surface area contributed by atoms with Gasteiger partial charge in [0, 0.05) is 19.5 Å². The predicted octanol–water partition coefficient (Wildman–Crippen LogP) is 5.02. The fourth-order valence-electron chi connectivity index (χ4n) is 2.64. The zero-order valence-corrected chi connectivity index (χ0v) is 13.7. The van der Waals surface area contributed by atoms with E-state index < -0.39 is 0 Å². The minimum absolute atomic E-state index is 0.264. The van der Waals surface area contributed by atoms with Gasteiger partial charge in [0.1, 0.15) is 0 Å². The molecular weight excluding hydrogens is 234 g/mol. The Kier molecular flexibility index (Phi) is 12.2. The van der Waals surface area contributed by atoms with Crippen molar-refractivity contribution in [2.75, 3.05) is 13.6 Å². The van der Waals surface area contributed by atoms with Crippen molar-refractivity contribution in [3.63, 3.8) is 0 Å². The summed E-state index contributed by atoms with van der Waals surface area (Å²) in [5.41, 5.74) is 0. The Morgan fingerprint density at radius 3 is 1.89 bits per heavy atom. The predicted molar refractivity (Wildman–Crippen MR) is 84.3 cm³/mol. The quantitative estimate of drug-likeness (QED) is 0.455. The van der Waals surface area contributed by atoms with E-state index in [1.807, 2.05) is 11.9 Å². The van der Waals surface area contributed by atoms with Crippen LogP contribution in [0.4, 0.5) is 0 Å². The molecule has 0 heterocycles. The van der Waals surface area contributed by atoms with Crippen molar-refractivity contribution >= 4 is 5.91 Å². The van der Waals surface area contributed by atoms with E-state index in [2.05, 4.69) is 20.8 Å². The van der Waals surface area contributed by atoms with Gasteiger partial charge in [-0.1, -0.05) is 65.7 Å². The van der Waals surface area contributed by atoms with Crippen molar-refractivity contribution in [3.8, 4) is 0 Å². The smallest absolute Gasteiger partial charge is 0.225 e. The Balaban J connectivity index is 3.83. The van der Waals surface area contributed by atoms with Gasteiger partial charge in [0.2, 0.25) is 5.91 Å². The van der Waals surface area contributed by atoms with Gasteiger partial charge in [0.25, 0.3) is 0 Å². The zero-order valence-electron chi connectivity index (χ0n) is 13.7. The molecule has 19 heavy (non-hydrogen) atoms. The summed E-state index contributed by atoms with van der Waals surface area (Å²) >= 11 is 0. The molecule has 0 N–H and O–H groups in total. The first-order valence-electron chi connectivity index (χ1n) is 8.42. The summed E-state index contributed by atoms with van der Waals surface area (Å²) in [7, 11) is 1.98. The van der Waals surface area contributed by atoms with E-state index in [0.717, 1.165) is 38.6 Å². The second-order valence-electron chi connectivity index (χ2n) is 5.80. The summed E-state index contributed by atoms with van der Waals surface area (Å²) in [6.45, 7) is 7.52. The van der Waals surface area contributed by atoms with E-state index in [9.17, 15) is 4.79 Å². The highest BCUT2D eigenvalue weighted by Gasteiger charge is 2.19. The van der Waals surface area contributed by atoms with E-state index in [1.54, 1.807) is 0 Å². The van der Waals surface area contributed by atoms with E-state index in [-0.39, 0.29) is 5.92 Å². The third kappa shape index (κ3) is 9.07. The van der Waals surface area contributed by atoms with E-state index >= 15 is 0 Å². The summed E-state index contributed by atoms with van der Waals surface area (Å²) in [4.78, 5) is 14.3. The number of hydrogen-bond donors (Lipinski definition) is 0. The molecule has 0 fully saturated rings. The fourth-order valence-corrected chi connectivity index (χ4v) is 2.64. The van der Waals surface area contributed by atoms with Crippen LogP contribution >= 0.6 is 0 Å². The minimum Gasteiger partial charge on any atom is -0.346 e. The molecule has 0 unspecified atom stereocenters. The van der Waals surface area contributed by atoms with Gasteiger partial charge in [-0.25, -0.2) is 0 Å². The van der Waals surface area contributed by atoms with Crippen LogP contribution in [0.5, 0.6) is 0 Å². The van der Waals surface area contributed by atoms with Gasteiger partial charge in [0.05, 0.1) is 0 Å². The standard InChI is InChI=1S/C17H35NO/c1-5-8-9-10-11-12-15-18(4)17(19)16(13-6-2)14-7-3/h16H,5-15H2,1-4H3. The summed E-state index contributed by atoms with van der Waals surface area (Å²) in [5, 5.41) is 0. The maximum Gasteiger partial charge on any atom is 0.225 e. The van der Waals surface area contributed by atoms with Gasteiger partial charge in [-0.3, -0.25) is 4.79 Å². The number of amides is 1. The average molecular weight is 269 g/mol. The van der Waals surface area contributed by atoms with Gasteiger partial charge in [-0.15, -0.1) is 0 Å². The first-order chi connectivity index (χ1) is 9.17. The third-order valence-corrected chi connectivity index (χ3v) is 3.85. The molecule has 1 amide bonds. The largest absolute Gasteiger partial charge is 0.346 e. The fraction of sp³-hybridized carbons (Fsp3) is 0.941. The summed E-state index contributed by atoms with van der Waals surface area (Å²) in [6, 6.07) is 0. The van der Waals surface area contributed by atoms with Crippen molar-refractivity contribution in [2.45, 2.75) is 85.0 Å². The average Bonchev–Trinajstić information content (AvgIpc) is 2.41. The summed E-state index contributed by atoms with van der Waals surface area (Å²) in [5.74, 6) is 0.636. The number of nitrogens with zero attached hydrogens (tertiary/aromatic N) is 1. The van der Waals surface area contributed by atoms with Crippen LogP contribution in [0.3, 0.4) is 0 Å². The Morgan fingerprint density at radius 1 is 0.842 bits per heavy atom. The Morgan fingerprint density at radius 2 is 1.37 bits per heavy atom.